The van der Waals surface area contributed by atoms with Crippen LogP contribution < -0.4 is 5.32 Å². The van der Waals surface area contributed by atoms with Gasteiger partial charge in [-0.3, -0.25) is 14.5 Å². The first-order valence-corrected chi connectivity index (χ1v) is 9.77. The second-order valence-electron chi connectivity index (χ2n) is 6.36. The Morgan fingerprint density at radius 1 is 1.24 bits per heavy atom. The minimum Gasteiger partial charge on any atom is -0.379 e. The van der Waals surface area contributed by atoms with Crippen LogP contribution in [0.3, 0.4) is 0 Å². The van der Waals surface area contributed by atoms with E-state index >= 15 is 0 Å². The van der Waals surface area contributed by atoms with Gasteiger partial charge in [0.25, 0.3) is 0 Å². The van der Waals surface area contributed by atoms with E-state index < -0.39 is 0 Å². The molecule has 0 radical (unpaired) electrons. The lowest BCUT2D eigenvalue weighted by atomic mass is 10.1. The summed E-state index contributed by atoms with van der Waals surface area (Å²) < 4.78 is 5.37. The van der Waals surface area contributed by atoms with Crippen molar-refractivity contribution in [2.75, 3.05) is 50.5 Å². The molecule has 2 aliphatic heterocycles. The third kappa shape index (κ3) is 4.96. The number of amides is 2. The Hall–Kier alpha value is -1.57. The fourth-order valence-corrected chi connectivity index (χ4v) is 4.41. The Morgan fingerprint density at radius 2 is 1.96 bits per heavy atom. The van der Waals surface area contributed by atoms with E-state index in [-0.39, 0.29) is 17.2 Å². The van der Waals surface area contributed by atoms with Crippen LogP contribution in [-0.4, -0.2) is 66.8 Å². The number of nitrogens with zero attached hydrogens (tertiary/aromatic N) is 2. The third-order valence-electron chi connectivity index (χ3n) is 4.46. The van der Waals surface area contributed by atoms with Crippen molar-refractivity contribution in [2.24, 2.45) is 0 Å². The predicted octanol–water partition coefficient (Wildman–Crippen LogP) is 1.94. The normalized spacial score (nSPS) is 21.6. The van der Waals surface area contributed by atoms with Gasteiger partial charge >= 0.3 is 0 Å². The van der Waals surface area contributed by atoms with Gasteiger partial charge in [-0.1, -0.05) is 12.1 Å². The van der Waals surface area contributed by atoms with E-state index in [0.717, 1.165) is 57.1 Å². The summed E-state index contributed by atoms with van der Waals surface area (Å²) in [6.45, 7) is 6.86. The zero-order chi connectivity index (χ0) is 17.6. The highest BCUT2D eigenvalue weighted by molar-refractivity contribution is 8.00. The van der Waals surface area contributed by atoms with Gasteiger partial charge in [0.2, 0.25) is 11.8 Å². The number of benzene rings is 1. The van der Waals surface area contributed by atoms with Gasteiger partial charge < -0.3 is 15.0 Å². The summed E-state index contributed by atoms with van der Waals surface area (Å²) in [5.74, 6) is 0.668. The zero-order valence-electron chi connectivity index (χ0n) is 14.6. The minimum atomic E-state index is -0.0806. The number of nitrogens with one attached hydrogen (secondary N) is 1. The Bertz CT molecular complexity index is 602. The van der Waals surface area contributed by atoms with Gasteiger partial charge in [-0.15, -0.1) is 11.8 Å². The topological polar surface area (TPSA) is 61.9 Å². The van der Waals surface area contributed by atoms with Gasteiger partial charge in [-0.05, 0) is 24.1 Å². The fraction of sp³-hybridized carbons (Fsp3) is 0.556. The van der Waals surface area contributed by atoms with Crippen molar-refractivity contribution < 1.29 is 14.3 Å². The summed E-state index contributed by atoms with van der Waals surface area (Å²) in [6.07, 6.45) is 0.979. The van der Waals surface area contributed by atoms with Crippen molar-refractivity contribution in [3.05, 3.63) is 29.8 Å². The summed E-state index contributed by atoms with van der Waals surface area (Å²) in [5.41, 5.74) is 1.89. The van der Waals surface area contributed by atoms with Crippen LogP contribution in [0.25, 0.3) is 0 Å². The Balaban J connectivity index is 1.56. The molecular formula is C18H25N3O3S. The molecule has 1 aromatic carbocycles. The van der Waals surface area contributed by atoms with Crippen LogP contribution in [0, 0.1) is 0 Å². The highest BCUT2D eigenvalue weighted by Crippen LogP contribution is 2.38. The molecule has 2 saturated heterocycles. The van der Waals surface area contributed by atoms with Crippen molar-refractivity contribution in [3.63, 3.8) is 0 Å². The molecule has 0 bridgehead atoms. The van der Waals surface area contributed by atoms with Crippen LogP contribution >= 0.6 is 11.8 Å². The van der Waals surface area contributed by atoms with Crippen LogP contribution in [0.4, 0.5) is 5.69 Å². The third-order valence-corrected chi connectivity index (χ3v) is 5.72. The van der Waals surface area contributed by atoms with E-state index in [1.807, 2.05) is 29.2 Å². The molecule has 0 aromatic heterocycles. The monoisotopic (exact) mass is 363 g/mol. The van der Waals surface area contributed by atoms with E-state index in [1.54, 1.807) is 11.8 Å². The maximum Gasteiger partial charge on any atom is 0.233 e. The first-order chi connectivity index (χ1) is 12.1. The van der Waals surface area contributed by atoms with Crippen molar-refractivity contribution in [2.45, 2.75) is 18.7 Å². The largest absolute Gasteiger partial charge is 0.379 e. The summed E-state index contributed by atoms with van der Waals surface area (Å²) in [4.78, 5) is 27.8. The molecule has 2 amide bonds. The summed E-state index contributed by atoms with van der Waals surface area (Å²) >= 11 is 1.67. The van der Waals surface area contributed by atoms with Gasteiger partial charge in [0, 0.05) is 38.8 Å². The van der Waals surface area contributed by atoms with E-state index in [1.165, 1.54) is 6.92 Å². The number of hydrogen-bond acceptors (Lipinski definition) is 5. The highest BCUT2D eigenvalue weighted by Gasteiger charge is 2.32. The second kappa shape index (κ2) is 8.69. The molecule has 2 heterocycles. The van der Waals surface area contributed by atoms with Crippen molar-refractivity contribution >= 4 is 29.3 Å². The molecule has 2 fully saturated rings. The first-order valence-electron chi connectivity index (χ1n) is 8.72. The lowest BCUT2D eigenvalue weighted by Crippen LogP contribution is -2.38. The number of morpholine rings is 1. The molecule has 0 aliphatic carbocycles. The molecule has 1 atom stereocenters. The lowest BCUT2D eigenvalue weighted by Gasteiger charge is -2.29. The fourth-order valence-electron chi connectivity index (χ4n) is 3.20. The van der Waals surface area contributed by atoms with E-state index in [2.05, 4.69) is 10.2 Å². The van der Waals surface area contributed by atoms with Crippen molar-refractivity contribution in [3.8, 4) is 0 Å². The average molecular weight is 363 g/mol. The van der Waals surface area contributed by atoms with Gasteiger partial charge in [0.15, 0.2) is 0 Å². The zero-order valence-corrected chi connectivity index (χ0v) is 15.4. The smallest absolute Gasteiger partial charge is 0.233 e. The molecule has 6 nitrogen and oxygen atoms in total. The van der Waals surface area contributed by atoms with Gasteiger partial charge in [-0.2, -0.15) is 0 Å². The number of ether oxygens (including phenoxy) is 1. The minimum absolute atomic E-state index is 0.0727. The molecule has 1 aromatic rings. The standard InChI is InChI=1S/C18H25N3O3S/c1-14(22)19-16-5-3-15(4-6-16)18-21(17(23)13-25-18)8-2-7-20-9-11-24-12-10-20/h3-6,18H,2,7-13H2,1H3,(H,19,22). The van der Waals surface area contributed by atoms with Crippen LogP contribution in [0.15, 0.2) is 24.3 Å². The number of anilines is 1. The van der Waals surface area contributed by atoms with Crippen LogP contribution in [0.1, 0.15) is 24.3 Å². The number of carbonyl (C=O) groups excluding carboxylic acids is 2. The maximum atomic E-state index is 12.3. The molecule has 25 heavy (non-hydrogen) atoms. The number of rotatable bonds is 6. The molecule has 3 rings (SSSR count). The number of hydrogen-bond donors (Lipinski definition) is 1. The molecule has 1 N–H and O–H groups in total. The second-order valence-corrected chi connectivity index (χ2v) is 7.43. The van der Waals surface area contributed by atoms with Crippen LogP contribution in [-0.2, 0) is 14.3 Å². The average Bonchev–Trinajstić information content (AvgIpc) is 2.97. The van der Waals surface area contributed by atoms with Gasteiger partial charge in [0.05, 0.1) is 19.0 Å². The van der Waals surface area contributed by atoms with Crippen LogP contribution in [0.5, 0.6) is 0 Å². The summed E-state index contributed by atoms with van der Waals surface area (Å²) in [7, 11) is 0. The highest BCUT2D eigenvalue weighted by atomic mass is 32.2. The Kier molecular flexibility index (Phi) is 6.34. The van der Waals surface area contributed by atoms with Gasteiger partial charge in [-0.25, -0.2) is 0 Å². The van der Waals surface area contributed by atoms with E-state index in [9.17, 15) is 9.59 Å². The number of thioether (sulfide) groups is 1. The molecule has 0 spiro atoms. The lowest BCUT2D eigenvalue weighted by molar-refractivity contribution is -0.128. The van der Waals surface area contributed by atoms with Crippen molar-refractivity contribution in [1.29, 1.82) is 0 Å². The summed E-state index contributed by atoms with van der Waals surface area (Å²) in [6, 6.07) is 7.78. The maximum absolute atomic E-state index is 12.3. The first kappa shape index (κ1) is 18.2. The Morgan fingerprint density at radius 3 is 2.64 bits per heavy atom. The van der Waals surface area contributed by atoms with E-state index in [0.29, 0.717) is 5.75 Å². The SMILES string of the molecule is CC(=O)Nc1ccc(C2SCC(=O)N2CCCN2CCOCC2)cc1. The number of carbonyl (C=O) groups is 2. The van der Waals surface area contributed by atoms with Crippen LogP contribution in [0.2, 0.25) is 0 Å². The summed E-state index contributed by atoms with van der Waals surface area (Å²) in [5, 5.41) is 2.84. The van der Waals surface area contributed by atoms with Gasteiger partial charge in [0.1, 0.15) is 5.37 Å². The molecule has 136 valence electrons. The molecule has 7 heteroatoms. The predicted molar refractivity (Wildman–Crippen MR) is 99.5 cm³/mol. The molecule has 1 unspecified atom stereocenters. The molecule has 2 aliphatic rings. The quantitative estimate of drug-likeness (QED) is 0.837. The molecule has 0 saturated carbocycles. The Labute approximate surface area is 152 Å². The van der Waals surface area contributed by atoms with E-state index in [4.69, 9.17) is 4.74 Å². The van der Waals surface area contributed by atoms with Crippen molar-refractivity contribution in [1.82, 2.24) is 9.80 Å². The molecular weight excluding hydrogens is 338 g/mol.